The van der Waals surface area contributed by atoms with Gasteiger partial charge in [-0.2, -0.15) is 0 Å². The van der Waals surface area contributed by atoms with E-state index in [9.17, 15) is 0 Å². The molecule has 3 nitrogen and oxygen atoms in total. The Morgan fingerprint density at radius 1 is 1.21 bits per heavy atom. The highest BCUT2D eigenvalue weighted by atomic mass is 16.5. The quantitative estimate of drug-likeness (QED) is 0.718. The second-order valence-corrected chi connectivity index (χ2v) is 3.78. The molecule has 0 bridgehead atoms. The number of aromatic nitrogens is 2. The van der Waals surface area contributed by atoms with Crippen LogP contribution in [-0.2, 0) is 11.2 Å². The molecule has 0 aliphatic rings. The predicted molar refractivity (Wildman–Crippen MR) is 55.9 cm³/mol. The molecule has 2 atom stereocenters. The van der Waals surface area contributed by atoms with Gasteiger partial charge in [0.25, 0.3) is 0 Å². The summed E-state index contributed by atoms with van der Waals surface area (Å²) in [6.45, 7) is 5.20. The first kappa shape index (κ1) is 11.1. The Kier molecular flexibility index (Phi) is 4.53. The largest absolute Gasteiger partial charge is 0.384 e. The second kappa shape index (κ2) is 5.70. The summed E-state index contributed by atoms with van der Waals surface area (Å²) >= 11 is 0. The molecule has 0 spiro atoms. The minimum Gasteiger partial charge on any atom is -0.384 e. The van der Waals surface area contributed by atoms with Crippen LogP contribution < -0.4 is 0 Å². The lowest BCUT2D eigenvalue weighted by atomic mass is 9.93. The monoisotopic (exact) mass is 194 g/mol. The van der Waals surface area contributed by atoms with E-state index in [0.717, 1.165) is 18.9 Å². The molecule has 3 heteroatoms. The molecule has 0 N–H and O–H groups in total. The minimum absolute atomic E-state index is 0.545. The number of methoxy groups -OCH3 is 1. The van der Waals surface area contributed by atoms with E-state index < -0.39 is 0 Å². The van der Waals surface area contributed by atoms with E-state index in [1.165, 1.54) is 0 Å². The zero-order chi connectivity index (χ0) is 10.4. The molecular weight excluding hydrogens is 176 g/mol. The van der Waals surface area contributed by atoms with Gasteiger partial charge < -0.3 is 4.74 Å². The smallest absolute Gasteiger partial charge is 0.128 e. The van der Waals surface area contributed by atoms with E-state index >= 15 is 0 Å². The molecule has 0 saturated heterocycles. The Balaban J connectivity index is 2.44. The van der Waals surface area contributed by atoms with E-state index in [1.807, 2.05) is 6.07 Å². The summed E-state index contributed by atoms with van der Waals surface area (Å²) in [5, 5.41) is 0. The van der Waals surface area contributed by atoms with Crippen molar-refractivity contribution in [3.63, 3.8) is 0 Å². The van der Waals surface area contributed by atoms with Crippen LogP contribution in [0.1, 0.15) is 19.7 Å². The molecule has 14 heavy (non-hydrogen) atoms. The van der Waals surface area contributed by atoms with Crippen molar-refractivity contribution in [2.75, 3.05) is 13.7 Å². The van der Waals surface area contributed by atoms with Gasteiger partial charge in [0.05, 0.1) is 0 Å². The van der Waals surface area contributed by atoms with Gasteiger partial charge in [-0.1, -0.05) is 13.8 Å². The van der Waals surface area contributed by atoms with Crippen LogP contribution in [0, 0.1) is 11.8 Å². The molecule has 0 unspecified atom stereocenters. The van der Waals surface area contributed by atoms with Crippen LogP contribution in [0.3, 0.4) is 0 Å². The Bertz CT molecular complexity index is 251. The average molecular weight is 194 g/mol. The van der Waals surface area contributed by atoms with E-state index in [1.54, 1.807) is 19.5 Å². The van der Waals surface area contributed by atoms with Crippen molar-refractivity contribution < 1.29 is 4.74 Å². The second-order valence-electron chi connectivity index (χ2n) is 3.78. The zero-order valence-corrected chi connectivity index (χ0v) is 9.10. The fourth-order valence-corrected chi connectivity index (χ4v) is 1.35. The molecule has 0 aromatic carbocycles. The third-order valence-corrected chi connectivity index (χ3v) is 2.52. The first-order chi connectivity index (χ1) is 6.74. The number of nitrogens with zero attached hydrogens (tertiary/aromatic N) is 2. The van der Waals surface area contributed by atoms with Crippen LogP contribution in [0.25, 0.3) is 0 Å². The van der Waals surface area contributed by atoms with Crippen LogP contribution >= 0.6 is 0 Å². The van der Waals surface area contributed by atoms with Crippen LogP contribution in [-0.4, -0.2) is 23.7 Å². The average Bonchev–Trinajstić information content (AvgIpc) is 2.19. The summed E-state index contributed by atoms with van der Waals surface area (Å²) in [4.78, 5) is 8.42. The van der Waals surface area contributed by atoms with Gasteiger partial charge in [-0.15, -0.1) is 0 Å². The summed E-state index contributed by atoms with van der Waals surface area (Å²) in [6, 6.07) is 1.84. The molecule has 1 rings (SSSR count). The lowest BCUT2D eigenvalue weighted by Gasteiger charge is -2.17. The van der Waals surface area contributed by atoms with Crippen LogP contribution in [0.15, 0.2) is 18.5 Å². The highest BCUT2D eigenvalue weighted by molar-refractivity contribution is 4.90. The van der Waals surface area contributed by atoms with Crippen LogP contribution in [0.5, 0.6) is 0 Å². The molecule has 0 fully saturated rings. The van der Waals surface area contributed by atoms with E-state index in [4.69, 9.17) is 4.74 Å². The van der Waals surface area contributed by atoms with E-state index in [-0.39, 0.29) is 0 Å². The molecule has 1 heterocycles. The first-order valence-electron chi connectivity index (χ1n) is 4.99. The summed E-state index contributed by atoms with van der Waals surface area (Å²) in [5.74, 6) is 2.02. The Labute approximate surface area is 85.5 Å². The van der Waals surface area contributed by atoms with Gasteiger partial charge in [0.15, 0.2) is 0 Å². The van der Waals surface area contributed by atoms with Crippen molar-refractivity contribution in [3.05, 3.63) is 24.3 Å². The number of hydrogen-bond acceptors (Lipinski definition) is 3. The first-order valence-corrected chi connectivity index (χ1v) is 4.99. The summed E-state index contributed by atoms with van der Waals surface area (Å²) in [5.41, 5.74) is 0. The van der Waals surface area contributed by atoms with E-state index in [0.29, 0.717) is 11.8 Å². The van der Waals surface area contributed by atoms with Crippen molar-refractivity contribution in [2.45, 2.75) is 20.3 Å². The third kappa shape index (κ3) is 3.42. The predicted octanol–water partition coefficient (Wildman–Crippen LogP) is 1.94. The van der Waals surface area contributed by atoms with Crippen molar-refractivity contribution in [1.82, 2.24) is 9.97 Å². The summed E-state index contributed by atoms with van der Waals surface area (Å²) in [7, 11) is 1.74. The molecule has 1 aromatic rings. The maximum absolute atomic E-state index is 5.12. The van der Waals surface area contributed by atoms with Gasteiger partial charge in [-0.3, -0.25) is 0 Å². The Morgan fingerprint density at radius 3 is 2.43 bits per heavy atom. The molecular formula is C11H18N2O. The van der Waals surface area contributed by atoms with Crippen LogP contribution in [0.4, 0.5) is 0 Å². The van der Waals surface area contributed by atoms with Gasteiger partial charge in [0.1, 0.15) is 5.82 Å². The normalized spacial score (nSPS) is 15.1. The lowest BCUT2D eigenvalue weighted by molar-refractivity contribution is 0.133. The Hall–Kier alpha value is -0.960. The molecule has 0 radical (unpaired) electrons. The Morgan fingerprint density at radius 2 is 1.86 bits per heavy atom. The van der Waals surface area contributed by atoms with Gasteiger partial charge in [0, 0.05) is 32.5 Å². The van der Waals surface area contributed by atoms with Gasteiger partial charge in [0.2, 0.25) is 0 Å². The fraction of sp³-hybridized carbons (Fsp3) is 0.636. The highest BCUT2D eigenvalue weighted by Crippen LogP contribution is 2.14. The number of rotatable bonds is 5. The SMILES string of the molecule is COC[C@@H](C)[C@H](C)Cc1ncccn1. The third-order valence-electron chi connectivity index (χ3n) is 2.52. The molecule has 0 aliphatic heterocycles. The van der Waals surface area contributed by atoms with Gasteiger partial charge in [-0.25, -0.2) is 9.97 Å². The number of ether oxygens (including phenoxy) is 1. The van der Waals surface area contributed by atoms with Gasteiger partial charge in [-0.05, 0) is 17.9 Å². The molecule has 0 aliphatic carbocycles. The molecule has 0 saturated carbocycles. The minimum atomic E-state index is 0.545. The van der Waals surface area contributed by atoms with Crippen molar-refractivity contribution in [3.8, 4) is 0 Å². The topological polar surface area (TPSA) is 35.0 Å². The van der Waals surface area contributed by atoms with Crippen molar-refractivity contribution >= 4 is 0 Å². The standard InChI is InChI=1S/C11H18N2O/c1-9(10(2)8-14-3)7-11-12-5-4-6-13-11/h4-6,9-10H,7-8H2,1-3H3/t9-,10-/m1/s1. The number of hydrogen-bond donors (Lipinski definition) is 0. The molecule has 78 valence electrons. The molecule has 1 aromatic heterocycles. The maximum Gasteiger partial charge on any atom is 0.128 e. The zero-order valence-electron chi connectivity index (χ0n) is 9.10. The summed E-state index contributed by atoms with van der Waals surface area (Å²) < 4.78 is 5.12. The fourth-order valence-electron chi connectivity index (χ4n) is 1.35. The summed E-state index contributed by atoms with van der Waals surface area (Å²) in [6.07, 6.45) is 4.50. The lowest BCUT2D eigenvalue weighted by Crippen LogP contribution is -2.17. The maximum atomic E-state index is 5.12. The van der Waals surface area contributed by atoms with Crippen molar-refractivity contribution in [1.29, 1.82) is 0 Å². The van der Waals surface area contributed by atoms with Crippen LogP contribution in [0.2, 0.25) is 0 Å². The highest BCUT2D eigenvalue weighted by Gasteiger charge is 2.13. The van der Waals surface area contributed by atoms with E-state index in [2.05, 4.69) is 23.8 Å². The van der Waals surface area contributed by atoms with Gasteiger partial charge >= 0.3 is 0 Å². The van der Waals surface area contributed by atoms with Crippen molar-refractivity contribution in [2.24, 2.45) is 11.8 Å². The molecule has 0 amide bonds.